The quantitative estimate of drug-likeness (QED) is 0.441. The number of nitrogen functional groups attached to an aromatic ring is 1. The van der Waals surface area contributed by atoms with Crippen LogP contribution in [0.4, 0.5) is 11.8 Å². The number of hydrogen-bond donors (Lipinski definition) is 5. The van der Waals surface area contributed by atoms with Gasteiger partial charge in [0, 0.05) is 17.7 Å². The molecule has 152 valence electrons. The lowest BCUT2D eigenvalue weighted by Gasteiger charge is -2.20. The SMILES string of the molecule is CCCC(CO)Nc1nc(N)nc(C)c1Cc1ccc(C(C)C(=O)O)cc1O. The minimum Gasteiger partial charge on any atom is -0.508 e. The van der Waals surface area contributed by atoms with E-state index in [0.717, 1.165) is 18.4 Å². The largest absolute Gasteiger partial charge is 0.508 e. The molecule has 0 saturated carbocycles. The Labute approximate surface area is 164 Å². The topological polar surface area (TPSA) is 142 Å². The number of anilines is 2. The van der Waals surface area contributed by atoms with Crippen molar-refractivity contribution in [2.45, 2.75) is 52.0 Å². The first-order chi connectivity index (χ1) is 13.3. The Morgan fingerprint density at radius 1 is 1.32 bits per heavy atom. The molecule has 2 aromatic rings. The van der Waals surface area contributed by atoms with Crippen LogP contribution >= 0.6 is 0 Å². The van der Waals surface area contributed by atoms with E-state index in [1.165, 1.54) is 6.07 Å². The molecule has 2 atom stereocenters. The number of hydrogen-bond acceptors (Lipinski definition) is 7. The van der Waals surface area contributed by atoms with Crippen molar-refractivity contribution in [3.8, 4) is 5.75 Å². The number of aryl methyl sites for hydroxylation is 1. The molecule has 0 aliphatic rings. The Hall–Kier alpha value is -2.87. The number of nitrogens with one attached hydrogen (secondary N) is 1. The standard InChI is InChI=1S/C20H28N4O4/c1-4-5-15(10-25)23-18-16(12(3)22-20(21)24-18)8-14-7-6-13(9-17(14)26)11(2)19(27)28/h6-7,9,11,15,25-26H,4-5,8,10H2,1-3H3,(H,27,28)(H3,21,22,23,24). The number of aliphatic hydroxyl groups is 1. The van der Waals surface area contributed by atoms with Crippen LogP contribution in [-0.4, -0.2) is 43.9 Å². The minimum absolute atomic E-state index is 0.0139. The molecule has 1 aromatic carbocycles. The van der Waals surface area contributed by atoms with Crippen LogP contribution in [0.3, 0.4) is 0 Å². The fourth-order valence-corrected chi connectivity index (χ4v) is 3.03. The molecule has 8 nitrogen and oxygen atoms in total. The molecule has 28 heavy (non-hydrogen) atoms. The Morgan fingerprint density at radius 3 is 2.61 bits per heavy atom. The summed E-state index contributed by atoms with van der Waals surface area (Å²) in [6.45, 7) is 5.37. The molecule has 2 unspecified atom stereocenters. The average Bonchev–Trinajstić information content (AvgIpc) is 2.64. The van der Waals surface area contributed by atoms with Crippen LogP contribution < -0.4 is 11.1 Å². The minimum atomic E-state index is -0.951. The van der Waals surface area contributed by atoms with Gasteiger partial charge < -0.3 is 26.4 Å². The van der Waals surface area contributed by atoms with Crippen molar-refractivity contribution in [2.75, 3.05) is 17.7 Å². The van der Waals surface area contributed by atoms with E-state index >= 15 is 0 Å². The van der Waals surface area contributed by atoms with E-state index in [1.54, 1.807) is 19.1 Å². The van der Waals surface area contributed by atoms with Crippen molar-refractivity contribution < 1.29 is 20.1 Å². The van der Waals surface area contributed by atoms with Crippen LogP contribution in [0.5, 0.6) is 5.75 Å². The lowest BCUT2D eigenvalue weighted by atomic mass is 9.96. The maximum Gasteiger partial charge on any atom is 0.310 e. The summed E-state index contributed by atoms with van der Waals surface area (Å²) in [4.78, 5) is 19.7. The van der Waals surface area contributed by atoms with Gasteiger partial charge in [-0.25, -0.2) is 4.98 Å². The molecule has 0 bridgehead atoms. The predicted molar refractivity (Wildman–Crippen MR) is 108 cm³/mol. The summed E-state index contributed by atoms with van der Waals surface area (Å²) in [5, 5.41) is 32.4. The highest BCUT2D eigenvalue weighted by Crippen LogP contribution is 2.29. The zero-order valence-corrected chi connectivity index (χ0v) is 16.4. The van der Waals surface area contributed by atoms with Crippen molar-refractivity contribution in [3.05, 3.63) is 40.6 Å². The highest BCUT2D eigenvalue weighted by Gasteiger charge is 2.18. The Kier molecular flexibility index (Phi) is 7.17. The van der Waals surface area contributed by atoms with Gasteiger partial charge in [-0.1, -0.05) is 25.5 Å². The molecule has 0 spiro atoms. The maximum atomic E-state index is 11.2. The number of carboxylic acids is 1. The van der Waals surface area contributed by atoms with E-state index in [0.29, 0.717) is 29.1 Å². The second-order valence-corrected chi connectivity index (χ2v) is 6.93. The van der Waals surface area contributed by atoms with Crippen molar-refractivity contribution >= 4 is 17.7 Å². The lowest BCUT2D eigenvalue weighted by molar-refractivity contribution is -0.138. The van der Waals surface area contributed by atoms with E-state index in [9.17, 15) is 15.0 Å². The molecule has 0 aliphatic carbocycles. The Bertz CT molecular complexity index is 841. The molecule has 1 aromatic heterocycles. The summed E-state index contributed by atoms with van der Waals surface area (Å²) in [6.07, 6.45) is 2.01. The normalized spacial score (nSPS) is 13.1. The summed E-state index contributed by atoms with van der Waals surface area (Å²) < 4.78 is 0. The number of nitrogens with two attached hydrogens (primary N) is 1. The van der Waals surface area contributed by atoms with Crippen LogP contribution in [0.15, 0.2) is 18.2 Å². The van der Waals surface area contributed by atoms with Gasteiger partial charge in [0.05, 0.1) is 18.6 Å². The number of carbonyl (C=O) groups is 1. The second-order valence-electron chi connectivity index (χ2n) is 6.93. The molecule has 1 heterocycles. The molecule has 2 rings (SSSR count). The molecular weight excluding hydrogens is 360 g/mol. The van der Waals surface area contributed by atoms with Gasteiger partial charge in [-0.3, -0.25) is 4.79 Å². The van der Waals surface area contributed by atoms with Crippen LogP contribution in [-0.2, 0) is 11.2 Å². The molecule has 0 saturated heterocycles. The van der Waals surface area contributed by atoms with Crippen molar-refractivity contribution in [3.63, 3.8) is 0 Å². The highest BCUT2D eigenvalue weighted by molar-refractivity contribution is 5.75. The average molecular weight is 388 g/mol. The summed E-state index contributed by atoms with van der Waals surface area (Å²) in [5.74, 6) is -0.989. The van der Waals surface area contributed by atoms with Crippen LogP contribution in [0, 0.1) is 6.92 Å². The third-order valence-electron chi connectivity index (χ3n) is 4.78. The summed E-state index contributed by atoms with van der Waals surface area (Å²) in [6, 6.07) is 4.72. The fourth-order valence-electron chi connectivity index (χ4n) is 3.03. The van der Waals surface area contributed by atoms with Gasteiger partial charge in [-0.2, -0.15) is 4.98 Å². The molecule has 0 amide bonds. The summed E-state index contributed by atoms with van der Waals surface area (Å²) in [7, 11) is 0. The molecule has 6 N–H and O–H groups in total. The summed E-state index contributed by atoms with van der Waals surface area (Å²) >= 11 is 0. The van der Waals surface area contributed by atoms with Crippen LogP contribution in [0.1, 0.15) is 55.0 Å². The molecule has 0 radical (unpaired) electrons. The number of rotatable bonds is 9. The van der Waals surface area contributed by atoms with Gasteiger partial charge in [0.2, 0.25) is 5.95 Å². The van der Waals surface area contributed by atoms with E-state index in [1.807, 2.05) is 13.8 Å². The number of aliphatic carboxylic acids is 1. The molecular formula is C20H28N4O4. The summed E-state index contributed by atoms with van der Waals surface area (Å²) in [5.41, 5.74) is 8.38. The third-order valence-corrected chi connectivity index (χ3v) is 4.78. The zero-order chi connectivity index (χ0) is 20.8. The van der Waals surface area contributed by atoms with Crippen molar-refractivity contribution in [1.82, 2.24) is 9.97 Å². The van der Waals surface area contributed by atoms with E-state index in [-0.39, 0.29) is 24.3 Å². The van der Waals surface area contributed by atoms with Gasteiger partial charge in [0.1, 0.15) is 11.6 Å². The van der Waals surface area contributed by atoms with E-state index in [4.69, 9.17) is 10.8 Å². The van der Waals surface area contributed by atoms with Gasteiger partial charge in [-0.15, -0.1) is 0 Å². The number of aromatic nitrogens is 2. The molecule has 0 fully saturated rings. The molecule has 0 aliphatic heterocycles. The fraction of sp³-hybridized carbons (Fsp3) is 0.450. The second kappa shape index (κ2) is 9.36. The first-order valence-electron chi connectivity index (χ1n) is 9.31. The van der Waals surface area contributed by atoms with Crippen LogP contribution in [0.25, 0.3) is 0 Å². The Morgan fingerprint density at radius 2 is 2.04 bits per heavy atom. The van der Waals surface area contributed by atoms with Crippen molar-refractivity contribution in [2.24, 2.45) is 0 Å². The van der Waals surface area contributed by atoms with Crippen LogP contribution in [0.2, 0.25) is 0 Å². The van der Waals surface area contributed by atoms with Crippen molar-refractivity contribution in [1.29, 1.82) is 0 Å². The van der Waals surface area contributed by atoms with Gasteiger partial charge >= 0.3 is 5.97 Å². The monoisotopic (exact) mass is 388 g/mol. The number of phenolic OH excluding ortho intramolecular Hbond substituents is 1. The number of nitrogens with zero attached hydrogens (tertiary/aromatic N) is 2. The number of phenols is 1. The van der Waals surface area contributed by atoms with E-state index in [2.05, 4.69) is 15.3 Å². The first-order valence-corrected chi connectivity index (χ1v) is 9.31. The van der Waals surface area contributed by atoms with Gasteiger partial charge in [0.25, 0.3) is 0 Å². The number of aliphatic hydroxyl groups excluding tert-OH is 1. The number of aromatic hydroxyl groups is 1. The van der Waals surface area contributed by atoms with Gasteiger partial charge in [-0.05, 0) is 37.5 Å². The zero-order valence-electron chi connectivity index (χ0n) is 16.4. The maximum absolute atomic E-state index is 11.2. The molecule has 8 heteroatoms. The lowest BCUT2D eigenvalue weighted by Crippen LogP contribution is -2.25. The smallest absolute Gasteiger partial charge is 0.310 e. The number of carboxylic acid groups (broad SMARTS) is 1. The highest BCUT2D eigenvalue weighted by atomic mass is 16.4. The van der Waals surface area contributed by atoms with Gasteiger partial charge in [0.15, 0.2) is 0 Å². The number of benzene rings is 1. The third kappa shape index (κ3) is 5.10. The first kappa shape index (κ1) is 21.4. The predicted octanol–water partition coefficient (Wildman–Crippen LogP) is 2.42. The van der Waals surface area contributed by atoms with E-state index < -0.39 is 11.9 Å². The Balaban J connectivity index is 2.36.